The van der Waals surface area contributed by atoms with E-state index in [9.17, 15) is 4.79 Å². The average Bonchev–Trinajstić information content (AvgIpc) is 3.57. The number of benzene rings is 2. The Bertz CT molecular complexity index is 2080. The second-order valence-electron chi connectivity index (χ2n) is 9.86. The summed E-state index contributed by atoms with van der Waals surface area (Å²) in [6.45, 7) is 3.98. The zero-order chi connectivity index (χ0) is 30.1. The number of nitrogens with one attached hydrogen (secondary N) is 1. The number of anilines is 2. The fourth-order valence-corrected chi connectivity index (χ4v) is 7.58. The predicted octanol–water partition coefficient (Wildman–Crippen LogP) is 3.89. The first-order valence-electron chi connectivity index (χ1n) is 13.6. The van der Waals surface area contributed by atoms with Gasteiger partial charge in [-0.05, 0) is 49.8 Å². The van der Waals surface area contributed by atoms with E-state index in [0.717, 1.165) is 5.56 Å². The fourth-order valence-electron chi connectivity index (χ4n) is 5.06. The third-order valence-corrected chi connectivity index (χ3v) is 9.39. The van der Waals surface area contributed by atoms with Gasteiger partial charge in [0.2, 0.25) is 0 Å². The van der Waals surface area contributed by atoms with E-state index in [2.05, 4.69) is 32.3 Å². The number of carbonyl (C=O) groups excluding carboxylic acids is 1. The number of hydrogen-bond acceptors (Lipinski definition) is 7. The molecule has 0 aliphatic carbocycles. The van der Waals surface area contributed by atoms with E-state index in [1.54, 1.807) is 33.6 Å². The number of carbonyl (C=O) groups is 1. The predicted molar refractivity (Wildman–Crippen MR) is 166 cm³/mol. The van der Waals surface area contributed by atoms with Crippen LogP contribution in [0, 0.1) is 11.8 Å². The molecular formula is C31H29N9O2S. The smallest absolute Gasteiger partial charge is 0.259 e. The lowest BCUT2D eigenvalue weighted by atomic mass is 10.1. The molecule has 43 heavy (non-hydrogen) atoms. The number of aryl methyl sites for hydroxylation is 1. The number of rotatable bonds is 5. The molecule has 0 bridgehead atoms. The Morgan fingerprint density at radius 3 is 2.70 bits per heavy atom. The Hall–Kier alpha value is -5.41. The van der Waals surface area contributed by atoms with Gasteiger partial charge in [0.05, 0.1) is 34.1 Å². The third kappa shape index (κ3) is 5.00. The topological polar surface area (TPSA) is 136 Å². The van der Waals surface area contributed by atoms with E-state index in [0.29, 0.717) is 39.6 Å². The molecule has 1 aliphatic rings. The van der Waals surface area contributed by atoms with Crippen LogP contribution >= 0.6 is 0 Å². The van der Waals surface area contributed by atoms with E-state index < -0.39 is 21.9 Å². The fraction of sp³-hybridized carbons (Fsp3) is 0.161. The highest BCUT2D eigenvalue weighted by Crippen LogP contribution is 2.39. The van der Waals surface area contributed by atoms with Crippen LogP contribution in [0.25, 0.3) is 11.7 Å². The molecule has 0 saturated heterocycles. The largest absolute Gasteiger partial charge is 0.381 e. The van der Waals surface area contributed by atoms with Crippen LogP contribution in [0.4, 0.5) is 11.5 Å². The maximum Gasteiger partial charge on any atom is 0.259 e. The third-order valence-electron chi connectivity index (χ3n) is 6.88. The van der Waals surface area contributed by atoms with Crippen LogP contribution in [0.15, 0.2) is 94.3 Å². The molecule has 12 heteroatoms. The summed E-state index contributed by atoms with van der Waals surface area (Å²) in [6, 6.07) is 16.1. The maximum absolute atomic E-state index is 15.3. The van der Waals surface area contributed by atoms with Crippen LogP contribution in [0.5, 0.6) is 0 Å². The number of fused-ring (bicyclic) bond motifs is 2. The monoisotopic (exact) mass is 591 g/mol. The molecule has 11 nitrogen and oxygen atoms in total. The molecular weight excluding hydrogens is 562 g/mol. The molecule has 0 spiro atoms. The van der Waals surface area contributed by atoms with Crippen LogP contribution < -0.4 is 15.4 Å². The molecule has 0 saturated carbocycles. The number of hydrogen-bond donors (Lipinski definition) is 2. The van der Waals surface area contributed by atoms with Gasteiger partial charge in [0, 0.05) is 37.7 Å². The Morgan fingerprint density at radius 2 is 1.95 bits per heavy atom. The van der Waals surface area contributed by atoms with Crippen molar-refractivity contribution in [2.45, 2.75) is 24.8 Å². The highest BCUT2D eigenvalue weighted by atomic mass is 32.2. The molecule has 3 aromatic heterocycles. The summed E-state index contributed by atoms with van der Waals surface area (Å²) in [5.74, 6) is 5.96. The molecule has 2 unspecified atom stereocenters. The van der Waals surface area contributed by atoms with Crippen molar-refractivity contribution in [3.63, 3.8) is 0 Å². The number of amides is 1. The first kappa shape index (κ1) is 27.7. The Morgan fingerprint density at radius 1 is 1.14 bits per heavy atom. The van der Waals surface area contributed by atoms with Gasteiger partial charge in [-0.1, -0.05) is 42.2 Å². The number of nitrogens with two attached hydrogens (primary N) is 1. The summed E-state index contributed by atoms with van der Waals surface area (Å²) in [7, 11) is -1.46. The molecule has 3 N–H and O–H groups in total. The maximum atomic E-state index is 15.3. The van der Waals surface area contributed by atoms with Crippen molar-refractivity contribution < 1.29 is 9.00 Å². The summed E-state index contributed by atoms with van der Waals surface area (Å²) >= 11 is 0. The highest BCUT2D eigenvalue weighted by molar-refractivity contribution is 7.95. The molecule has 0 fully saturated rings. The number of para-hydroxylation sites is 1. The van der Waals surface area contributed by atoms with Gasteiger partial charge in [0.15, 0.2) is 21.4 Å². The van der Waals surface area contributed by atoms with Crippen molar-refractivity contribution in [1.82, 2.24) is 29.7 Å². The first-order chi connectivity index (χ1) is 20.8. The summed E-state index contributed by atoms with van der Waals surface area (Å²) in [5.41, 5.74) is 9.94. The van der Waals surface area contributed by atoms with Crippen molar-refractivity contribution in [3.8, 4) is 11.8 Å². The lowest BCUT2D eigenvalue weighted by molar-refractivity contribution is 0.0947. The van der Waals surface area contributed by atoms with Crippen LogP contribution in [-0.4, -0.2) is 47.1 Å². The van der Waals surface area contributed by atoms with Gasteiger partial charge < -0.3 is 11.1 Å². The summed E-state index contributed by atoms with van der Waals surface area (Å²) < 4.78 is 24.9. The van der Waals surface area contributed by atoms with Crippen molar-refractivity contribution >= 4 is 39.1 Å². The first-order valence-corrected chi connectivity index (χ1v) is 15.1. The van der Waals surface area contributed by atoms with E-state index in [-0.39, 0.29) is 11.4 Å². The van der Waals surface area contributed by atoms with Gasteiger partial charge in [-0.25, -0.2) is 18.1 Å². The molecule has 5 aromatic rings. The number of aromatic nitrogens is 5. The normalized spacial score (nSPS) is 16.5. The second-order valence-corrected chi connectivity index (χ2v) is 11.9. The molecule has 4 heterocycles. The van der Waals surface area contributed by atoms with Gasteiger partial charge >= 0.3 is 0 Å². The van der Waals surface area contributed by atoms with E-state index in [1.165, 1.54) is 4.52 Å². The van der Waals surface area contributed by atoms with Gasteiger partial charge in [-0.3, -0.25) is 13.8 Å². The van der Waals surface area contributed by atoms with Crippen molar-refractivity contribution in [2.75, 3.05) is 16.6 Å². The molecule has 2 aromatic carbocycles. The molecule has 1 aliphatic heterocycles. The lowest BCUT2D eigenvalue weighted by Gasteiger charge is -2.37. The van der Waals surface area contributed by atoms with Crippen molar-refractivity contribution in [2.24, 2.45) is 11.4 Å². The van der Waals surface area contributed by atoms with E-state index in [1.807, 2.05) is 81.7 Å². The van der Waals surface area contributed by atoms with E-state index >= 15 is 4.21 Å². The van der Waals surface area contributed by atoms with Crippen molar-refractivity contribution in [1.29, 1.82) is 0 Å². The van der Waals surface area contributed by atoms with Gasteiger partial charge in [0.25, 0.3) is 5.91 Å². The highest BCUT2D eigenvalue weighted by Gasteiger charge is 2.37. The minimum atomic E-state index is -3.29. The average molecular weight is 592 g/mol. The SMILES string of the molecule is CCN=S1(=O)c2c(C#Cc3cnn(C)c3)cccc2C=C(C(C)NC(=O)c2c(N)nn3cccnc23)N1c1ccccc1. The minimum Gasteiger partial charge on any atom is -0.381 e. The molecule has 1 amide bonds. The van der Waals surface area contributed by atoms with Crippen LogP contribution in [0.3, 0.4) is 0 Å². The number of nitrogens with zero attached hydrogens (tertiary/aromatic N) is 7. The zero-order valence-corrected chi connectivity index (χ0v) is 24.6. The summed E-state index contributed by atoms with van der Waals surface area (Å²) in [6.07, 6.45) is 8.67. The van der Waals surface area contributed by atoms with Crippen molar-refractivity contribution in [3.05, 3.63) is 107 Å². The van der Waals surface area contributed by atoms with Crippen LogP contribution in [0.1, 0.15) is 40.9 Å². The summed E-state index contributed by atoms with van der Waals surface area (Å²) in [5, 5.41) is 11.4. The van der Waals surface area contributed by atoms with Gasteiger partial charge in [-0.15, -0.1) is 5.10 Å². The Balaban J connectivity index is 1.50. The Kier molecular flexibility index (Phi) is 7.17. The van der Waals surface area contributed by atoms with Gasteiger partial charge in [-0.2, -0.15) is 5.10 Å². The lowest BCUT2D eigenvalue weighted by Crippen LogP contribution is -2.44. The minimum absolute atomic E-state index is 0.0629. The molecule has 6 rings (SSSR count). The molecule has 216 valence electrons. The standard InChI is InChI=1S/C31H29N9O2S/c1-4-35-43(42)28-23(15-14-22-19-34-38(3)20-22)10-8-11-24(28)18-26(40(43)25-12-6-5-7-13-25)21(2)36-31(41)27-29(32)37-39-17-9-16-33-30(27)39/h5-13,16-21H,4H2,1-3H3,(H2,32,37)(H,36,41). The zero-order valence-electron chi connectivity index (χ0n) is 23.8. The van der Waals surface area contributed by atoms with Gasteiger partial charge in [0.1, 0.15) is 5.56 Å². The van der Waals surface area contributed by atoms with Crippen LogP contribution in [-0.2, 0) is 17.0 Å². The van der Waals surface area contributed by atoms with E-state index in [4.69, 9.17) is 10.1 Å². The quantitative estimate of drug-likeness (QED) is 0.298. The molecule has 2 atom stereocenters. The molecule has 0 radical (unpaired) electrons. The Labute approximate surface area is 249 Å². The number of nitrogen functional groups attached to an aromatic ring is 1. The van der Waals surface area contributed by atoms with Crippen LogP contribution in [0.2, 0.25) is 0 Å². The second kappa shape index (κ2) is 11.1. The summed E-state index contributed by atoms with van der Waals surface area (Å²) in [4.78, 5) is 18.4.